The zero-order chi connectivity index (χ0) is 17.8. The maximum absolute atomic E-state index is 12.2. The van der Waals surface area contributed by atoms with Crippen LogP contribution in [0.15, 0.2) is 48.5 Å². The Morgan fingerprint density at radius 2 is 1.56 bits per heavy atom. The molecule has 2 aromatic rings. The van der Waals surface area contributed by atoms with Gasteiger partial charge in [-0.1, -0.05) is 41.9 Å². The molecule has 0 fully saturated rings. The molecule has 0 saturated carbocycles. The first-order valence-corrected chi connectivity index (χ1v) is 8.30. The molecule has 1 aliphatic rings. The molecule has 1 heterocycles. The van der Waals surface area contributed by atoms with Crippen LogP contribution in [0.3, 0.4) is 0 Å². The predicted octanol–water partition coefficient (Wildman–Crippen LogP) is 3.11. The molecule has 2 aromatic carbocycles. The number of carbonyl (C=O) groups is 3. The Bertz CT molecular complexity index is 799. The van der Waals surface area contributed by atoms with Gasteiger partial charge in [-0.25, -0.2) is 0 Å². The molecular weight excluding hydrogens is 342 g/mol. The summed E-state index contributed by atoms with van der Waals surface area (Å²) in [7, 11) is 0. The second-order valence-corrected chi connectivity index (χ2v) is 6.06. The van der Waals surface area contributed by atoms with E-state index < -0.39 is 5.97 Å². The molecule has 0 unspecified atom stereocenters. The molecule has 0 bridgehead atoms. The maximum atomic E-state index is 12.2. The van der Waals surface area contributed by atoms with Gasteiger partial charge >= 0.3 is 5.97 Å². The molecule has 0 aliphatic carbocycles. The summed E-state index contributed by atoms with van der Waals surface area (Å²) < 4.78 is 5.16. The van der Waals surface area contributed by atoms with Crippen LogP contribution in [-0.2, 0) is 16.0 Å². The van der Waals surface area contributed by atoms with Gasteiger partial charge in [-0.15, -0.1) is 0 Å². The van der Waals surface area contributed by atoms with E-state index in [1.807, 2.05) is 0 Å². The Morgan fingerprint density at radius 1 is 0.960 bits per heavy atom. The number of amides is 2. The van der Waals surface area contributed by atoms with Gasteiger partial charge in [-0.3, -0.25) is 19.3 Å². The normalized spacial score (nSPS) is 13.1. The smallest absolute Gasteiger partial charge is 0.310 e. The zero-order valence-electron chi connectivity index (χ0n) is 13.4. The maximum Gasteiger partial charge on any atom is 0.310 e. The minimum absolute atomic E-state index is 0.0900. The predicted molar refractivity (Wildman–Crippen MR) is 92.5 cm³/mol. The Morgan fingerprint density at radius 3 is 2.20 bits per heavy atom. The monoisotopic (exact) mass is 357 g/mol. The number of rotatable bonds is 6. The van der Waals surface area contributed by atoms with Crippen LogP contribution in [0.1, 0.15) is 32.7 Å². The van der Waals surface area contributed by atoms with Crippen molar-refractivity contribution in [1.82, 2.24) is 4.90 Å². The Hall–Kier alpha value is -2.66. The molecule has 128 valence electrons. The Kier molecular flexibility index (Phi) is 5.14. The lowest BCUT2D eigenvalue weighted by Gasteiger charge is -2.13. The fraction of sp³-hybridized carbons (Fsp3) is 0.211. The number of esters is 1. The van der Waals surface area contributed by atoms with E-state index in [4.69, 9.17) is 16.3 Å². The van der Waals surface area contributed by atoms with Gasteiger partial charge in [0.1, 0.15) is 0 Å². The number of hydrogen-bond acceptors (Lipinski definition) is 4. The van der Waals surface area contributed by atoms with E-state index in [0.29, 0.717) is 28.1 Å². The van der Waals surface area contributed by atoms with Crippen molar-refractivity contribution in [3.63, 3.8) is 0 Å². The molecule has 3 rings (SSSR count). The lowest BCUT2D eigenvalue weighted by atomic mass is 10.1. The van der Waals surface area contributed by atoms with E-state index in [9.17, 15) is 14.4 Å². The number of halogens is 1. The van der Waals surface area contributed by atoms with Crippen LogP contribution in [-0.4, -0.2) is 35.8 Å². The van der Waals surface area contributed by atoms with Crippen LogP contribution in [0.4, 0.5) is 0 Å². The van der Waals surface area contributed by atoms with E-state index in [1.54, 1.807) is 48.5 Å². The lowest BCUT2D eigenvalue weighted by molar-refractivity contribution is -0.142. The van der Waals surface area contributed by atoms with Crippen LogP contribution < -0.4 is 0 Å². The molecule has 2 amide bonds. The number of carbonyl (C=O) groups excluding carboxylic acids is 3. The van der Waals surface area contributed by atoms with Crippen molar-refractivity contribution in [3.8, 4) is 0 Å². The quantitative estimate of drug-likeness (QED) is 0.452. The third-order valence-electron chi connectivity index (χ3n) is 3.96. The van der Waals surface area contributed by atoms with Crippen molar-refractivity contribution < 1.29 is 19.1 Å². The number of ether oxygens (including phenoxy) is 1. The third kappa shape index (κ3) is 3.72. The van der Waals surface area contributed by atoms with Crippen molar-refractivity contribution in [1.29, 1.82) is 0 Å². The van der Waals surface area contributed by atoms with Crippen LogP contribution in [0.2, 0.25) is 5.02 Å². The molecule has 6 heteroatoms. The number of fused-ring (bicyclic) bond motifs is 1. The molecule has 0 aromatic heterocycles. The Labute approximate surface area is 150 Å². The highest BCUT2D eigenvalue weighted by Gasteiger charge is 2.34. The molecule has 0 spiro atoms. The number of hydrogen-bond donors (Lipinski definition) is 0. The molecule has 5 nitrogen and oxygen atoms in total. The van der Waals surface area contributed by atoms with Crippen molar-refractivity contribution in [2.75, 3.05) is 13.2 Å². The number of imide groups is 1. The summed E-state index contributed by atoms with van der Waals surface area (Å²) in [6.07, 6.45) is 0.479. The molecule has 1 aliphatic heterocycles. The summed E-state index contributed by atoms with van der Waals surface area (Å²) in [6, 6.07) is 13.8. The number of benzene rings is 2. The summed E-state index contributed by atoms with van der Waals surface area (Å²) in [5.74, 6) is -0.999. The van der Waals surface area contributed by atoms with Gasteiger partial charge in [-0.05, 0) is 30.2 Å². The third-order valence-corrected chi connectivity index (χ3v) is 4.33. The summed E-state index contributed by atoms with van der Waals surface area (Å²) in [4.78, 5) is 37.4. The van der Waals surface area contributed by atoms with Gasteiger partial charge in [0.05, 0.1) is 24.2 Å². The summed E-state index contributed by atoms with van der Waals surface area (Å²) in [6.45, 7) is 0.350. The fourth-order valence-electron chi connectivity index (χ4n) is 2.70. The van der Waals surface area contributed by atoms with Crippen LogP contribution >= 0.6 is 11.6 Å². The average molecular weight is 358 g/mol. The van der Waals surface area contributed by atoms with Gasteiger partial charge in [0.25, 0.3) is 11.8 Å². The van der Waals surface area contributed by atoms with Gasteiger partial charge in [0.2, 0.25) is 0 Å². The minimum Gasteiger partial charge on any atom is -0.465 e. The second-order valence-electron chi connectivity index (χ2n) is 5.65. The summed E-state index contributed by atoms with van der Waals surface area (Å²) in [5.41, 5.74) is 1.54. The number of nitrogens with zero attached hydrogens (tertiary/aromatic N) is 1. The first-order valence-electron chi connectivity index (χ1n) is 7.92. The molecule has 25 heavy (non-hydrogen) atoms. The van der Waals surface area contributed by atoms with Gasteiger partial charge in [-0.2, -0.15) is 0 Å². The SMILES string of the molecule is O=C(Cc1ccccc1Cl)OCCCN1C(=O)c2ccccc2C1=O. The molecule has 0 atom stereocenters. The lowest BCUT2D eigenvalue weighted by Crippen LogP contribution is -2.31. The van der Waals surface area contributed by atoms with E-state index in [1.165, 1.54) is 4.90 Å². The van der Waals surface area contributed by atoms with Gasteiger partial charge < -0.3 is 4.74 Å². The van der Waals surface area contributed by atoms with Crippen LogP contribution in [0.25, 0.3) is 0 Å². The Balaban J connectivity index is 1.46. The molecule has 0 N–H and O–H groups in total. The van der Waals surface area contributed by atoms with Crippen molar-refractivity contribution in [3.05, 3.63) is 70.2 Å². The van der Waals surface area contributed by atoms with Crippen molar-refractivity contribution >= 4 is 29.4 Å². The standard InChI is InChI=1S/C19H16ClNO4/c20-16-9-4-1-6-13(16)12-17(22)25-11-5-10-21-18(23)14-7-2-3-8-15(14)19(21)24/h1-4,6-9H,5,10-12H2. The van der Waals surface area contributed by atoms with Gasteiger partial charge in [0.15, 0.2) is 0 Å². The van der Waals surface area contributed by atoms with E-state index >= 15 is 0 Å². The van der Waals surface area contributed by atoms with E-state index in [2.05, 4.69) is 0 Å². The highest BCUT2D eigenvalue weighted by Crippen LogP contribution is 2.22. The zero-order valence-corrected chi connectivity index (χ0v) is 14.2. The van der Waals surface area contributed by atoms with Crippen molar-refractivity contribution in [2.45, 2.75) is 12.8 Å². The van der Waals surface area contributed by atoms with Crippen molar-refractivity contribution in [2.24, 2.45) is 0 Å². The summed E-state index contributed by atoms with van der Waals surface area (Å²) >= 11 is 6.00. The van der Waals surface area contributed by atoms with Crippen LogP contribution in [0, 0.1) is 0 Å². The first-order chi connectivity index (χ1) is 12.1. The first kappa shape index (κ1) is 17.2. The fourth-order valence-corrected chi connectivity index (χ4v) is 2.90. The molecule has 0 saturated heterocycles. The topological polar surface area (TPSA) is 63.7 Å². The molecular formula is C19H16ClNO4. The molecule has 0 radical (unpaired) electrons. The minimum atomic E-state index is -0.393. The highest BCUT2D eigenvalue weighted by atomic mass is 35.5. The van der Waals surface area contributed by atoms with E-state index in [-0.39, 0.29) is 31.4 Å². The largest absolute Gasteiger partial charge is 0.465 e. The second kappa shape index (κ2) is 7.49. The van der Waals surface area contributed by atoms with E-state index in [0.717, 1.165) is 0 Å². The summed E-state index contributed by atoms with van der Waals surface area (Å²) in [5, 5.41) is 0.519. The van der Waals surface area contributed by atoms with Crippen LogP contribution in [0.5, 0.6) is 0 Å². The average Bonchev–Trinajstić information content (AvgIpc) is 2.86. The highest BCUT2D eigenvalue weighted by molar-refractivity contribution is 6.31. The van der Waals surface area contributed by atoms with Gasteiger partial charge in [0, 0.05) is 11.6 Å².